The molecule has 0 spiro atoms. The molecule has 7 unspecified atom stereocenters. The van der Waals surface area contributed by atoms with Gasteiger partial charge in [-0.3, -0.25) is 0 Å². The lowest BCUT2D eigenvalue weighted by atomic mass is 9.47. The van der Waals surface area contributed by atoms with Crippen LogP contribution in [0.4, 0.5) is 0 Å². The maximum atomic E-state index is 10.2. The summed E-state index contributed by atoms with van der Waals surface area (Å²) in [5.74, 6) is 4.56. The highest BCUT2D eigenvalue weighted by Gasteiger charge is 2.58. The Kier molecular flexibility index (Phi) is 7.06. The normalized spacial score (nSPS) is 42.7. The molecule has 0 aromatic carbocycles. The predicted molar refractivity (Wildman–Crippen MR) is 130 cm³/mol. The predicted octanol–water partition coefficient (Wildman–Crippen LogP) is 7.59. The minimum Gasteiger partial charge on any atom is -0.494 e. The maximum Gasteiger partial charge on any atom is 0.114 e. The van der Waals surface area contributed by atoms with Gasteiger partial charge < -0.3 is 9.84 Å². The van der Waals surface area contributed by atoms with Crippen molar-refractivity contribution in [1.82, 2.24) is 0 Å². The highest BCUT2D eigenvalue weighted by Crippen LogP contribution is 2.66. The van der Waals surface area contributed by atoms with Gasteiger partial charge in [0.15, 0.2) is 0 Å². The number of aliphatic hydroxyl groups is 1. The molecule has 0 aromatic heterocycles. The molecule has 4 aliphatic rings. The summed E-state index contributed by atoms with van der Waals surface area (Å²) in [6.07, 6.45) is 22.6. The molecule has 0 aromatic rings. The number of unbranched alkanes of at least 4 members (excludes halogenated alkanes) is 1. The standard InChI is InChI=1S/C29H46O2/c1-5-9-24(6-2)31-19-8-7-10-21-12-14-26-25-13-11-22-20-23(30)15-17-29(22,4)27(25)16-18-28(21,26)3/h5-6,9,11,21,23,25-27,30H,7-8,10,12-20H2,1-4H3/b9-5-,24-6+. The van der Waals surface area contributed by atoms with Gasteiger partial charge in [0.05, 0.1) is 12.7 Å². The minimum atomic E-state index is -0.0912. The first-order chi connectivity index (χ1) is 14.9. The van der Waals surface area contributed by atoms with Gasteiger partial charge in [0.25, 0.3) is 0 Å². The Labute approximate surface area is 191 Å². The fraction of sp³-hybridized carbons (Fsp3) is 0.793. The van der Waals surface area contributed by atoms with E-state index in [-0.39, 0.29) is 6.10 Å². The van der Waals surface area contributed by atoms with E-state index >= 15 is 0 Å². The van der Waals surface area contributed by atoms with Crippen molar-refractivity contribution in [2.45, 2.75) is 104 Å². The van der Waals surface area contributed by atoms with Crippen molar-refractivity contribution < 1.29 is 9.84 Å². The fourth-order valence-electron chi connectivity index (χ4n) is 8.30. The third-order valence-corrected chi connectivity index (χ3v) is 10.1. The average molecular weight is 427 g/mol. The van der Waals surface area contributed by atoms with Gasteiger partial charge in [0.1, 0.15) is 5.76 Å². The monoisotopic (exact) mass is 426 g/mol. The van der Waals surface area contributed by atoms with Crippen LogP contribution >= 0.6 is 0 Å². The van der Waals surface area contributed by atoms with Gasteiger partial charge in [0, 0.05) is 0 Å². The molecule has 4 rings (SSSR count). The number of allylic oxidation sites excluding steroid dienone is 4. The Hall–Kier alpha value is -1.02. The first kappa shape index (κ1) is 23.1. The topological polar surface area (TPSA) is 29.5 Å². The summed E-state index contributed by atoms with van der Waals surface area (Å²) < 4.78 is 5.92. The lowest BCUT2D eigenvalue weighted by molar-refractivity contribution is -0.0509. The molecule has 0 saturated heterocycles. The lowest BCUT2D eigenvalue weighted by Gasteiger charge is -2.58. The molecule has 174 valence electrons. The number of fused-ring (bicyclic) bond motifs is 5. The van der Waals surface area contributed by atoms with E-state index in [9.17, 15) is 5.11 Å². The van der Waals surface area contributed by atoms with Crippen LogP contribution in [0.3, 0.4) is 0 Å². The molecule has 0 radical (unpaired) electrons. The zero-order valence-electron chi connectivity index (χ0n) is 20.5. The molecule has 4 aliphatic carbocycles. The Morgan fingerprint density at radius 1 is 1.10 bits per heavy atom. The van der Waals surface area contributed by atoms with Crippen LogP contribution < -0.4 is 0 Å². The molecule has 3 saturated carbocycles. The molecular formula is C29H46O2. The third kappa shape index (κ3) is 4.31. The second kappa shape index (κ2) is 9.46. The van der Waals surface area contributed by atoms with Crippen molar-refractivity contribution in [3.05, 3.63) is 35.6 Å². The van der Waals surface area contributed by atoms with Gasteiger partial charge in [-0.1, -0.05) is 31.6 Å². The van der Waals surface area contributed by atoms with Gasteiger partial charge in [-0.25, -0.2) is 0 Å². The van der Waals surface area contributed by atoms with Crippen LogP contribution in [0.25, 0.3) is 0 Å². The first-order valence-corrected chi connectivity index (χ1v) is 13.2. The van der Waals surface area contributed by atoms with Crippen LogP contribution in [0.5, 0.6) is 0 Å². The van der Waals surface area contributed by atoms with Crippen molar-refractivity contribution in [3.63, 3.8) is 0 Å². The maximum absolute atomic E-state index is 10.2. The van der Waals surface area contributed by atoms with Crippen molar-refractivity contribution in [3.8, 4) is 0 Å². The van der Waals surface area contributed by atoms with E-state index in [4.69, 9.17) is 4.74 Å². The van der Waals surface area contributed by atoms with Crippen LogP contribution in [0.2, 0.25) is 0 Å². The molecular weight excluding hydrogens is 380 g/mol. The number of hydrogen-bond acceptors (Lipinski definition) is 2. The zero-order chi connectivity index (χ0) is 22.1. The van der Waals surface area contributed by atoms with Crippen molar-refractivity contribution in [2.24, 2.45) is 34.5 Å². The Bertz CT molecular complexity index is 718. The van der Waals surface area contributed by atoms with Crippen molar-refractivity contribution in [1.29, 1.82) is 0 Å². The Morgan fingerprint density at radius 2 is 1.94 bits per heavy atom. The summed E-state index contributed by atoms with van der Waals surface area (Å²) in [6.45, 7) is 10.1. The largest absolute Gasteiger partial charge is 0.494 e. The van der Waals surface area contributed by atoms with Crippen LogP contribution in [-0.4, -0.2) is 17.8 Å². The molecule has 1 N–H and O–H groups in total. The molecule has 0 amide bonds. The summed E-state index contributed by atoms with van der Waals surface area (Å²) >= 11 is 0. The molecule has 3 fully saturated rings. The molecule has 0 aliphatic heterocycles. The molecule has 0 bridgehead atoms. The van der Waals surface area contributed by atoms with Gasteiger partial charge in [0.2, 0.25) is 0 Å². The quantitative estimate of drug-likeness (QED) is 0.197. The summed E-state index contributed by atoms with van der Waals surface area (Å²) in [7, 11) is 0. The lowest BCUT2D eigenvalue weighted by Crippen LogP contribution is -2.50. The van der Waals surface area contributed by atoms with E-state index in [1.165, 1.54) is 57.8 Å². The Morgan fingerprint density at radius 3 is 2.71 bits per heavy atom. The van der Waals surface area contributed by atoms with E-state index in [1.54, 1.807) is 5.57 Å². The van der Waals surface area contributed by atoms with Crippen molar-refractivity contribution in [2.75, 3.05) is 6.61 Å². The molecule has 7 atom stereocenters. The Balaban J connectivity index is 1.34. The van der Waals surface area contributed by atoms with Gasteiger partial charge in [-0.15, -0.1) is 0 Å². The van der Waals surface area contributed by atoms with E-state index in [0.717, 1.165) is 48.9 Å². The molecule has 2 heteroatoms. The minimum absolute atomic E-state index is 0.0912. The van der Waals surface area contributed by atoms with Crippen LogP contribution in [-0.2, 0) is 4.74 Å². The average Bonchev–Trinajstić information content (AvgIpc) is 3.09. The van der Waals surface area contributed by atoms with Crippen LogP contribution in [0.15, 0.2) is 35.6 Å². The van der Waals surface area contributed by atoms with Gasteiger partial charge in [-0.2, -0.15) is 0 Å². The number of hydrogen-bond donors (Lipinski definition) is 1. The van der Waals surface area contributed by atoms with E-state index < -0.39 is 0 Å². The molecule has 2 nitrogen and oxygen atoms in total. The highest BCUT2D eigenvalue weighted by atomic mass is 16.5. The summed E-state index contributed by atoms with van der Waals surface area (Å²) in [5, 5.41) is 10.2. The number of aliphatic hydroxyl groups excluding tert-OH is 1. The van der Waals surface area contributed by atoms with Crippen LogP contribution in [0.1, 0.15) is 98.3 Å². The summed E-state index contributed by atoms with van der Waals surface area (Å²) in [5.41, 5.74) is 2.53. The smallest absolute Gasteiger partial charge is 0.114 e. The second-order valence-corrected chi connectivity index (χ2v) is 11.5. The third-order valence-electron chi connectivity index (χ3n) is 10.1. The highest BCUT2D eigenvalue weighted by molar-refractivity contribution is 5.25. The number of rotatable bonds is 7. The number of ether oxygens (including phenoxy) is 1. The molecule has 0 heterocycles. The van der Waals surface area contributed by atoms with Crippen molar-refractivity contribution >= 4 is 0 Å². The molecule has 31 heavy (non-hydrogen) atoms. The first-order valence-electron chi connectivity index (χ1n) is 13.2. The summed E-state index contributed by atoms with van der Waals surface area (Å²) in [4.78, 5) is 0. The SMILES string of the molecule is C/C=C\C(=C/C)OCCCCC1CCC2C3CC=C4CC(O)CCC4(C)C3CCC12C. The van der Waals surface area contributed by atoms with E-state index in [1.807, 2.05) is 19.9 Å². The second-order valence-electron chi connectivity index (χ2n) is 11.5. The fourth-order valence-corrected chi connectivity index (χ4v) is 8.30. The van der Waals surface area contributed by atoms with E-state index in [0.29, 0.717) is 10.8 Å². The van der Waals surface area contributed by atoms with E-state index in [2.05, 4.69) is 32.1 Å². The van der Waals surface area contributed by atoms with Crippen LogP contribution in [0, 0.1) is 34.5 Å². The van der Waals surface area contributed by atoms with Gasteiger partial charge in [-0.05, 0) is 131 Å². The summed E-state index contributed by atoms with van der Waals surface area (Å²) in [6, 6.07) is 0. The zero-order valence-corrected chi connectivity index (χ0v) is 20.5. The van der Waals surface area contributed by atoms with Gasteiger partial charge >= 0.3 is 0 Å².